The molecule has 0 atom stereocenters. The van der Waals surface area contributed by atoms with Crippen LogP contribution in [0.1, 0.15) is 5.56 Å². The van der Waals surface area contributed by atoms with Gasteiger partial charge in [0.15, 0.2) is 0 Å². The summed E-state index contributed by atoms with van der Waals surface area (Å²) < 4.78 is 0. The van der Waals surface area contributed by atoms with E-state index in [1.165, 1.54) is 6.08 Å². The van der Waals surface area contributed by atoms with Crippen molar-refractivity contribution in [3.8, 4) is 0 Å². The number of amides is 1. The van der Waals surface area contributed by atoms with Crippen LogP contribution in [-0.4, -0.2) is 15.9 Å². The summed E-state index contributed by atoms with van der Waals surface area (Å²) in [5, 5.41) is 2.31. The van der Waals surface area contributed by atoms with Crippen molar-refractivity contribution in [1.29, 1.82) is 0 Å². The highest BCUT2D eigenvalue weighted by Gasteiger charge is 2.08. The Hall–Kier alpha value is -3.09. The molecule has 0 radical (unpaired) electrons. The van der Waals surface area contributed by atoms with Gasteiger partial charge in [0.25, 0.3) is 5.56 Å². The van der Waals surface area contributed by atoms with Gasteiger partial charge in [-0.15, -0.1) is 0 Å². The highest BCUT2D eigenvalue weighted by atomic mass is 16.2. The van der Waals surface area contributed by atoms with Crippen LogP contribution in [-0.2, 0) is 4.79 Å². The van der Waals surface area contributed by atoms with Crippen LogP contribution >= 0.6 is 0 Å². The lowest BCUT2D eigenvalue weighted by atomic mass is 10.2. The van der Waals surface area contributed by atoms with Crippen molar-refractivity contribution in [2.45, 2.75) is 0 Å². The number of aromatic nitrogens is 2. The molecule has 0 aliphatic rings. The van der Waals surface area contributed by atoms with Crippen molar-refractivity contribution in [2.75, 3.05) is 11.1 Å². The minimum Gasteiger partial charge on any atom is -0.383 e. The van der Waals surface area contributed by atoms with Gasteiger partial charge in [-0.05, 0) is 11.6 Å². The molecule has 102 valence electrons. The molecule has 1 amide bonds. The molecule has 1 heterocycles. The van der Waals surface area contributed by atoms with Crippen LogP contribution in [0.4, 0.5) is 11.5 Å². The van der Waals surface area contributed by atoms with Gasteiger partial charge in [0.2, 0.25) is 5.91 Å². The van der Waals surface area contributed by atoms with Crippen LogP contribution in [0.2, 0.25) is 0 Å². The summed E-state index contributed by atoms with van der Waals surface area (Å²) in [5.41, 5.74) is 4.63. The maximum absolute atomic E-state index is 11.7. The maximum atomic E-state index is 11.7. The van der Waals surface area contributed by atoms with E-state index in [1.807, 2.05) is 35.3 Å². The average molecular weight is 272 g/mol. The van der Waals surface area contributed by atoms with Crippen LogP contribution in [0.25, 0.3) is 6.08 Å². The number of H-pyrrole nitrogens is 2. The lowest BCUT2D eigenvalue weighted by Crippen LogP contribution is -2.28. The Morgan fingerprint density at radius 1 is 1.15 bits per heavy atom. The van der Waals surface area contributed by atoms with Crippen LogP contribution in [0.5, 0.6) is 0 Å². The van der Waals surface area contributed by atoms with Crippen LogP contribution in [0.15, 0.2) is 46.0 Å². The number of aromatic amines is 2. The van der Waals surface area contributed by atoms with E-state index >= 15 is 0 Å². The standard InChI is InChI=1S/C13H12N4O3/c14-11-10(12(19)17-13(20)16-11)15-9(18)7-6-8-4-2-1-3-5-8/h1-7H,(H,15,18)(H4,14,16,17,19,20). The zero-order valence-corrected chi connectivity index (χ0v) is 10.3. The third kappa shape index (κ3) is 3.22. The Morgan fingerprint density at radius 2 is 1.85 bits per heavy atom. The van der Waals surface area contributed by atoms with E-state index in [1.54, 1.807) is 6.08 Å². The quantitative estimate of drug-likeness (QED) is 0.600. The normalized spacial score (nSPS) is 10.6. The van der Waals surface area contributed by atoms with Gasteiger partial charge >= 0.3 is 5.69 Å². The first-order valence-corrected chi connectivity index (χ1v) is 5.72. The third-order valence-electron chi connectivity index (χ3n) is 2.45. The van der Waals surface area contributed by atoms with Gasteiger partial charge in [0, 0.05) is 6.08 Å². The van der Waals surface area contributed by atoms with E-state index < -0.39 is 17.2 Å². The molecule has 0 fully saturated rings. The largest absolute Gasteiger partial charge is 0.383 e. The summed E-state index contributed by atoms with van der Waals surface area (Å²) in [6.07, 6.45) is 2.85. The Labute approximate surface area is 113 Å². The van der Waals surface area contributed by atoms with E-state index in [0.29, 0.717) is 0 Å². The molecule has 7 nitrogen and oxygen atoms in total. The summed E-state index contributed by atoms with van der Waals surface area (Å²) in [6, 6.07) is 9.18. The molecule has 0 aliphatic carbocycles. The maximum Gasteiger partial charge on any atom is 0.327 e. The van der Waals surface area contributed by atoms with Crippen molar-refractivity contribution in [2.24, 2.45) is 0 Å². The van der Waals surface area contributed by atoms with Crippen molar-refractivity contribution >= 4 is 23.5 Å². The monoisotopic (exact) mass is 272 g/mol. The predicted molar refractivity (Wildman–Crippen MR) is 76.2 cm³/mol. The third-order valence-corrected chi connectivity index (χ3v) is 2.45. The molecule has 0 aliphatic heterocycles. The predicted octanol–water partition coefficient (Wildman–Crippen LogP) is 0.297. The summed E-state index contributed by atoms with van der Waals surface area (Å²) >= 11 is 0. The number of rotatable bonds is 3. The molecule has 20 heavy (non-hydrogen) atoms. The zero-order chi connectivity index (χ0) is 14.5. The number of carbonyl (C=O) groups is 1. The summed E-state index contributed by atoms with van der Waals surface area (Å²) in [7, 11) is 0. The Balaban J connectivity index is 2.15. The second-order valence-corrected chi connectivity index (χ2v) is 3.93. The summed E-state index contributed by atoms with van der Waals surface area (Å²) in [6.45, 7) is 0. The van der Waals surface area contributed by atoms with Gasteiger partial charge in [0.05, 0.1) is 0 Å². The molecule has 1 aromatic heterocycles. The highest BCUT2D eigenvalue weighted by Crippen LogP contribution is 2.06. The number of benzene rings is 1. The van der Waals surface area contributed by atoms with Crippen molar-refractivity contribution in [3.63, 3.8) is 0 Å². The molecule has 0 saturated heterocycles. The fourth-order valence-corrected chi connectivity index (χ4v) is 1.53. The van der Waals surface area contributed by atoms with Crippen molar-refractivity contribution in [3.05, 3.63) is 62.8 Å². The van der Waals surface area contributed by atoms with E-state index in [9.17, 15) is 14.4 Å². The second kappa shape index (κ2) is 5.70. The van der Waals surface area contributed by atoms with Crippen molar-refractivity contribution < 1.29 is 4.79 Å². The molecule has 0 spiro atoms. The lowest BCUT2D eigenvalue weighted by Gasteiger charge is -2.03. The van der Waals surface area contributed by atoms with E-state index in [2.05, 4.69) is 10.3 Å². The number of nitrogens with one attached hydrogen (secondary N) is 3. The van der Waals surface area contributed by atoms with E-state index in [-0.39, 0.29) is 11.5 Å². The molecule has 7 heteroatoms. The first kappa shape index (κ1) is 13.3. The zero-order valence-electron chi connectivity index (χ0n) is 10.3. The minimum atomic E-state index is -0.757. The molecule has 0 bridgehead atoms. The van der Waals surface area contributed by atoms with Crippen LogP contribution in [0, 0.1) is 0 Å². The van der Waals surface area contributed by atoms with E-state index in [0.717, 1.165) is 5.56 Å². The average Bonchev–Trinajstić information content (AvgIpc) is 2.42. The first-order valence-electron chi connectivity index (χ1n) is 5.72. The van der Waals surface area contributed by atoms with Gasteiger partial charge in [-0.2, -0.15) is 0 Å². The lowest BCUT2D eigenvalue weighted by molar-refractivity contribution is -0.111. The van der Waals surface area contributed by atoms with E-state index in [4.69, 9.17) is 5.73 Å². The van der Waals surface area contributed by atoms with Crippen LogP contribution < -0.4 is 22.3 Å². The molecule has 1 aromatic carbocycles. The smallest absolute Gasteiger partial charge is 0.327 e. The summed E-state index contributed by atoms with van der Waals surface area (Å²) in [5.74, 6) is -0.724. The van der Waals surface area contributed by atoms with Gasteiger partial charge in [-0.3, -0.25) is 19.6 Å². The first-order chi connectivity index (χ1) is 9.56. The number of nitrogen functional groups attached to an aromatic ring is 1. The Morgan fingerprint density at radius 3 is 2.50 bits per heavy atom. The van der Waals surface area contributed by atoms with Gasteiger partial charge in [-0.1, -0.05) is 30.3 Å². The van der Waals surface area contributed by atoms with Crippen LogP contribution in [0.3, 0.4) is 0 Å². The minimum absolute atomic E-state index is 0.188. The molecule has 0 saturated carbocycles. The molecule has 2 aromatic rings. The Kier molecular flexibility index (Phi) is 3.80. The number of nitrogens with two attached hydrogens (primary N) is 1. The molecular formula is C13H12N4O3. The summed E-state index contributed by atoms with van der Waals surface area (Å²) in [4.78, 5) is 38.3. The van der Waals surface area contributed by atoms with Crippen molar-refractivity contribution in [1.82, 2.24) is 9.97 Å². The molecule has 5 N–H and O–H groups in total. The fourth-order valence-electron chi connectivity index (χ4n) is 1.53. The number of hydrogen-bond donors (Lipinski definition) is 4. The SMILES string of the molecule is Nc1[nH]c(=O)[nH]c(=O)c1NC(=O)C=Cc1ccccc1. The number of carbonyl (C=O) groups excluding carboxylic acids is 1. The van der Waals surface area contributed by atoms with Gasteiger partial charge in [0.1, 0.15) is 11.5 Å². The van der Waals surface area contributed by atoms with Gasteiger partial charge in [-0.25, -0.2) is 4.79 Å². The number of anilines is 2. The number of hydrogen-bond acceptors (Lipinski definition) is 4. The highest BCUT2D eigenvalue weighted by molar-refractivity contribution is 6.03. The molecule has 2 rings (SSSR count). The molecular weight excluding hydrogens is 260 g/mol. The fraction of sp³-hybridized carbons (Fsp3) is 0. The Bertz CT molecular complexity index is 759. The van der Waals surface area contributed by atoms with Gasteiger partial charge < -0.3 is 11.1 Å². The second-order valence-electron chi connectivity index (χ2n) is 3.93. The molecule has 0 unspecified atom stereocenters. The topological polar surface area (TPSA) is 121 Å².